The van der Waals surface area contributed by atoms with E-state index in [0.717, 1.165) is 19.3 Å². The van der Waals surface area contributed by atoms with E-state index in [2.05, 4.69) is 26.1 Å². The van der Waals surface area contributed by atoms with Crippen molar-refractivity contribution in [1.82, 2.24) is 10.2 Å². The van der Waals surface area contributed by atoms with Gasteiger partial charge in [0.15, 0.2) is 0 Å². The van der Waals surface area contributed by atoms with E-state index in [0.29, 0.717) is 12.6 Å². The first-order valence-electron chi connectivity index (χ1n) is 5.25. The lowest BCUT2D eigenvalue weighted by Crippen LogP contribution is -2.42. The Morgan fingerprint density at radius 3 is 2.85 bits per heavy atom. The van der Waals surface area contributed by atoms with E-state index in [1.807, 2.05) is 4.90 Å². The van der Waals surface area contributed by atoms with E-state index >= 15 is 0 Å². The topological polar surface area (TPSA) is 32.3 Å². The molecule has 0 spiro atoms. The van der Waals surface area contributed by atoms with Crippen molar-refractivity contribution in [3.05, 3.63) is 0 Å². The molecule has 0 bridgehead atoms. The summed E-state index contributed by atoms with van der Waals surface area (Å²) in [5.74, 6) is 0.257. The highest BCUT2D eigenvalue weighted by atomic mass is 16.2. The van der Waals surface area contributed by atoms with E-state index < -0.39 is 0 Å². The fourth-order valence-corrected chi connectivity index (χ4v) is 1.83. The Kier molecular flexibility index (Phi) is 3.72. The zero-order chi connectivity index (χ0) is 9.84. The molecule has 2 unspecified atom stereocenters. The Morgan fingerprint density at radius 2 is 2.31 bits per heavy atom. The highest BCUT2D eigenvalue weighted by Crippen LogP contribution is 2.15. The molecule has 3 nitrogen and oxygen atoms in total. The standard InChI is InChI=1S/C10H20N2O/c1-4-6-9-11-7-10(13)12(9)8(3)5-2/h8-9,11H,4-7H2,1-3H3. The molecule has 0 aromatic carbocycles. The van der Waals surface area contributed by atoms with Crippen LogP contribution in [0.15, 0.2) is 0 Å². The zero-order valence-electron chi connectivity index (χ0n) is 8.84. The van der Waals surface area contributed by atoms with Crippen LogP contribution in [-0.4, -0.2) is 29.6 Å². The molecule has 0 radical (unpaired) electrons. The van der Waals surface area contributed by atoms with Crippen LogP contribution in [0.2, 0.25) is 0 Å². The molecule has 1 heterocycles. The summed E-state index contributed by atoms with van der Waals surface area (Å²) in [6, 6.07) is 0.374. The van der Waals surface area contributed by atoms with Gasteiger partial charge in [-0.25, -0.2) is 0 Å². The second kappa shape index (κ2) is 4.61. The first-order chi connectivity index (χ1) is 6.20. The smallest absolute Gasteiger partial charge is 0.238 e. The van der Waals surface area contributed by atoms with Crippen molar-refractivity contribution in [1.29, 1.82) is 0 Å². The molecule has 13 heavy (non-hydrogen) atoms. The minimum Gasteiger partial charge on any atom is -0.323 e. The molecule has 2 atom stereocenters. The van der Waals surface area contributed by atoms with Crippen molar-refractivity contribution >= 4 is 5.91 Å². The Balaban J connectivity index is 2.59. The highest BCUT2D eigenvalue weighted by molar-refractivity contribution is 5.80. The van der Waals surface area contributed by atoms with Crippen LogP contribution in [0.1, 0.15) is 40.0 Å². The molecule has 1 aliphatic rings. The normalized spacial score (nSPS) is 25.3. The number of amides is 1. The SMILES string of the molecule is CCCC1NCC(=O)N1C(C)CC. The molecule has 1 N–H and O–H groups in total. The third kappa shape index (κ3) is 2.21. The van der Waals surface area contributed by atoms with Crippen LogP contribution in [0.5, 0.6) is 0 Å². The number of carbonyl (C=O) groups is 1. The van der Waals surface area contributed by atoms with Crippen molar-refractivity contribution in [2.75, 3.05) is 6.54 Å². The summed E-state index contributed by atoms with van der Waals surface area (Å²) in [7, 11) is 0. The lowest BCUT2D eigenvalue weighted by Gasteiger charge is -2.29. The van der Waals surface area contributed by atoms with Crippen LogP contribution < -0.4 is 5.32 Å². The maximum atomic E-state index is 11.5. The molecule has 0 saturated carbocycles. The van der Waals surface area contributed by atoms with E-state index in [1.54, 1.807) is 0 Å². The van der Waals surface area contributed by atoms with Crippen LogP contribution in [-0.2, 0) is 4.79 Å². The Morgan fingerprint density at radius 1 is 1.62 bits per heavy atom. The van der Waals surface area contributed by atoms with E-state index in [9.17, 15) is 4.79 Å². The van der Waals surface area contributed by atoms with Crippen molar-refractivity contribution < 1.29 is 4.79 Å². The van der Waals surface area contributed by atoms with Crippen molar-refractivity contribution in [3.63, 3.8) is 0 Å². The van der Waals surface area contributed by atoms with Gasteiger partial charge in [-0.2, -0.15) is 0 Å². The molecule has 1 fully saturated rings. The molecule has 1 rings (SSSR count). The number of nitrogens with zero attached hydrogens (tertiary/aromatic N) is 1. The van der Waals surface area contributed by atoms with Gasteiger partial charge in [0.05, 0.1) is 12.7 Å². The van der Waals surface area contributed by atoms with Crippen molar-refractivity contribution in [3.8, 4) is 0 Å². The predicted molar refractivity (Wildman–Crippen MR) is 53.3 cm³/mol. The first-order valence-corrected chi connectivity index (χ1v) is 5.25. The second-order valence-corrected chi connectivity index (χ2v) is 3.74. The Labute approximate surface area is 80.5 Å². The first kappa shape index (κ1) is 10.5. The van der Waals surface area contributed by atoms with Gasteiger partial charge in [-0.05, 0) is 19.8 Å². The highest BCUT2D eigenvalue weighted by Gasteiger charge is 2.32. The fraction of sp³-hybridized carbons (Fsp3) is 0.900. The van der Waals surface area contributed by atoms with Gasteiger partial charge in [0.1, 0.15) is 0 Å². The van der Waals surface area contributed by atoms with Crippen molar-refractivity contribution in [2.45, 2.75) is 52.2 Å². The average Bonchev–Trinajstić information content (AvgIpc) is 2.47. The molecule has 0 aromatic heterocycles. The third-order valence-electron chi connectivity index (χ3n) is 2.74. The van der Waals surface area contributed by atoms with Crippen LogP contribution >= 0.6 is 0 Å². The lowest BCUT2D eigenvalue weighted by molar-refractivity contribution is -0.130. The maximum absolute atomic E-state index is 11.5. The van der Waals surface area contributed by atoms with Gasteiger partial charge in [-0.1, -0.05) is 20.3 Å². The quantitative estimate of drug-likeness (QED) is 0.715. The lowest BCUT2D eigenvalue weighted by atomic mass is 10.2. The summed E-state index contributed by atoms with van der Waals surface area (Å²) in [4.78, 5) is 13.5. The van der Waals surface area contributed by atoms with Gasteiger partial charge in [0, 0.05) is 6.04 Å². The molecule has 1 saturated heterocycles. The summed E-state index contributed by atoms with van der Waals surface area (Å²) in [5, 5.41) is 3.25. The monoisotopic (exact) mass is 184 g/mol. The maximum Gasteiger partial charge on any atom is 0.238 e. The molecule has 3 heteroatoms. The molecular weight excluding hydrogens is 164 g/mol. The summed E-state index contributed by atoms with van der Waals surface area (Å²) >= 11 is 0. The minimum absolute atomic E-state index is 0.257. The largest absolute Gasteiger partial charge is 0.323 e. The molecule has 0 aromatic rings. The van der Waals surface area contributed by atoms with E-state index in [4.69, 9.17) is 0 Å². The number of hydrogen-bond donors (Lipinski definition) is 1. The van der Waals surface area contributed by atoms with Gasteiger partial charge in [0.25, 0.3) is 0 Å². The molecule has 1 aliphatic heterocycles. The number of nitrogens with one attached hydrogen (secondary N) is 1. The van der Waals surface area contributed by atoms with Gasteiger partial charge >= 0.3 is 0 Å². The molecule has 0 aliphatic carbocycles. The van der Waals surface area contributed by atoms with Gasteiger partial charge in [0.2, 0.25) is 5.91 Å². The Hall–Kier alpha value is -0.570. The van der Waals surface area contributed by atoms with E-state index in [1.165, 1.54) is 0 Å². The summed E-state index contributed by atoms with van der Waals surface area (Å²) in [6.07, 6.45) is 3.51. The van der Waals surface area contributed by atoms with Gasteiger partial charge < -0.3 is 4.90 Å². The summed E-state index contributed by atoms with van der Waals surface area (Å²) in [6.45, 7) is 6.92. The molecule has 1 amide bonds. The van der Waals surface area contributed by atoms with Crippen LogP contribution in [0, 0.1) is 0 Å². The minimum atomic E-state index is 0.257. The second-order valence-electron chi connectivity index (χ2n) is 3.74. The summed E-state index contributed by atoms with van der Waals surface area (Å²) < 4.78 is 0. The van der Waals surface area contributed by atoms with Crippen molar-refractivity contribution in [2.24, 2.45) is 0 Å². The summed E-state index contributed by atoms with van der Waals surface area (Å²) in [5.41, 5.74) is 0. The average molecular weight is 184 g/mol. The fourth-order valence-electron chi connectivity index (χ4n) is 1.83. The van der Waals surface area contributed by atoms with E-state index in [-0.39, 0.29) is 12.1 Å². The number of carbonyl (C=O) groups excluding carboxylic acids is 1. The predicted octanol–water partition coefficient (Wildman–Crippen LogP) is 1.34. The number of hydrogen-bond acceptors (Lipinski definition) is 2. The third-order valence-corrected chi connectivity index (χ3v) is 2.74. The Bertz CT molecular complexity index is 182. The van der Waals surface area contributed by atoms with Crippen LogP contribution in [0.4, 0.5) is 0 Å². The molecular formula is C10H20N2O. The van der Waals surface area contributed by atoms with Crippen LogP contribution in [0.25, 0.3) is 0 Å². The number of rotatable bonds is 4. The molecule has 76 valence electrons. The van der Waals surface area contributed by atoms with Gasteiger partial charge in [-0.15, -0.1) is 0 Å². The van der Waals surface area contributed by atoms with Gasteiger partial charge in [-0.3, -0.25) is 10.1 Å². The van der Waals surface area contributed by atoms with Crippen LogP contribution in [0.3, 0.4) is 0 Å². The zero-order valence-corrected chi connectivity index (χ0v) is 8.84.